The number of hydrogen-bond donors (Lipinski definition) is 3. The Morgan fingerprint density at radius 1 is 1.09 bits per heavy atom. The smallest absolute Gasteiger partial charge is 0.272 e. The molecule has 1 aromatic carbocycles. The quantitative estimate of drug-likeness (QED) is 0.352. The van der Waals surface area contributed by atoms with E-state index in [1.54, 1.807) is 31.4 Å². The number of aromatic nitrogens is 4. The second kappa shape index (κ2) is 8.99. The lowest BCUT2D eigenvalue weighted by molar-refractivity contribution is -0.127. The standard InChI is InChI=1S/C26H26N6O2/c1-31(2)24(33)15-27-12-18-7-5-17(6-8-18)10-20-13-30-26(34)23-11-19(16-32(20)23)22-14-29-25-21(22)4-3-9-28-25/h3-9,11,13-14,16,27H,10,12,15H2,1-2H3,(H,28,29)(H,30,34). The summed E-state index contributed by atoms with van der Waals surface area (Å²) < 4.78 is 1.96. The molecule has 34 heavy (non-hydrogen) atoms. The number of H-pyrrole nitrogens is 2. The number of pyridine rings is 1. The van der Waals surface area contributed by atoms with Crippen LogP contribution in [0.3, 0.4) is 0 Å². The number of fused-ring (bicyclic) bond motifs is 2. The van der Waals surface area contributed by atoms with Crippen molar-refractivity contribution in [3.8, 4) is 11.1 Å². The maximum Gasteiger partial charge on any atom is 0.272 e. The number of hydrogen-bond acceptors (Lipinski definition) is 4. The Balaban J connectivity index is 1.38. The monoisotopic (exact) mass is 454 g/mol. The summed E-state index contributed by atoms with van der Waals surface area (Å²) in [7, 11) is 3.50. The second-order valence-corrected chi connectivity index (χ2v) is 8.58. The maximum absolute atomic E-state index is 12.5. The molecule has 5 rings (SSSR count). The van der Waals surface area contributed by atoms with Crippen molar-refractivity contribution in [1.29, 1.82) is 0 Å². The highest BCUT2D eigenvalue weighted by Gasteiger charge is 2.13. The molecule has 0 bridgehead atoms. The van der Waals surface area contributed by atoms with Crippen LogP contribution in [0.25, 0.3) is 27.7 Å². The molecule has 0 radical (unpaired) electrons. The van der Waals surface area contributed by atoms with Crippen LogP contribution in [0.1, 0.15) is 16.8 Å². The highest BCUT2D eigenvalue weighted by Crippen LogP contribution is 2.29. The van der Waals surface area contributed by atoms with Crippen LogP contribution in [0.15, 0.2) is 72.0 Å². The van der Waals surface area contributed by atoms with Crippen LogP contribution >= 0.6 is 0 Å². The molecule has 0 spiro atoms. The molecule has 0 atom stereocenters. The fraction of sp³-hybridized carbons (Fsp3) is 0.192. The number of likely N-dealkylation sites (N-methyl/N-ethyl adjacent to an activating group) is 1. The summed E-state index contributed by atoms with van der Waals surface area (Å²) in [5, 5.41) is 4.19. The molecular formula is C26H26N6O2. The lowest BCUT2D eigenvalue weighted by Crippen LogP contribution is -2.32. The first kappa shape index (κ1) is 21.7. The van der Waals surface area contributed by atoms with Gasteiger partial charge in [-0.1, -0.05) is 24.3 Å². The van der Waals surface area contributed by atoms with Crippen molar-refractivity contribution >= 4 is 22.5 Å². The number of carbonyl (C=O) groups is 1. The maximum atomic E-state index is 12.5. The van der Waals surface area contributed by atoms with Gasteiger partial charge in [0.25, 0.3) is 5.56 Å². The Hall–Kier alpha value is -4.17. The summed E-state index contributed by atoms with van der Waals surface area (Å²) >= 11 is 0. The van der Waals surface area contributed by atoms with Crippen LogP contribution in [0.2, 0.25) is 0 Å². The van der Waals surface area contributed by atoms with E-state index < -0.39 is 0 Å². The lowest BCUT2D eigenvalue weighted by Gasteiger charge is -2.11. The minimum Gasteiger partial charge on any atom is -0.348 e. The van der Waals surface area contributed by atoms with E-state index in [-0.39, 0.29) is 11.5 Å². The molecule has 1 amide bonds. The Morgan fingerprint density at radius 2 is 1.88 bits per heavy atom. The zero-order valence-electron chi connectivity index (χ0n) is 19.1. The molecule has 4 aromatic heterocycles. The molecule has 3 N–H and O–H groups in total. The van der Waals surface area contributed by atoms with Crippen LogP contribution in [0.4, 0.5) is 0 Å². The van der Waals surface area contributed by atoms with Gasteiger partial charge in [-0.05, 0) is 29.3 Å². The number of benzene rings is 1. The third kappa shape index (κ3) is 4.23. The average Bonchev–Trinajstić information content (AvgIpc) is 3.47. The SMILES string of the molecule is CN(C)C(=O)CNCc1ccc(Cc2c[nH]c(=O)c3cc(-c4c[nH]c5ncccc45)cn23)cc1. The van der Waals surface area contributed by atoms with E-state index in [4.69, 9.17) is 0 Å². The van der Waals surface area contributed by atoms with Crippen molar-refractivity contribution in [2.24, 2.45) is 0 Å². The van der Waals surface area contributed by atoms with Gasteiger partial charge >= 0.3 is 0 Å². The molecule has 5 aromatic rings. The van der Waals surface area contributed by atoms with Crippen molar-refractivity contribution in [2.75, 3.05) is 20.6 Å². The Bertz CT molecular complexity index is 1520. The molecule has 4 heterocycles. The third-order valence-corrected chi connectivity index (χ3v) is 6.01. The van der Waals surface area contributed by atoms with E-state index in [1.165, 1.54) is 0 Å². The van der Waals surface area contributed by atoms with Gasteiger partial charge in [0.1, 0.15) is 11.2 Å². The van der Waals surface area contributed by atoms with Crippen LogP contribution < -0.4 is 10.9 Å². The average molecular weight is 455 g/mol. The third-order valence-electron chi connectivity index (χ3n) is 6.01. The van der Waals surface area contributed by atoms with Crippen LogP contribution in [0, 0.1) is 0 Å². The summed E-state index contributed by atoms with van der Waals surface area (Å²) in [5.41, 5.74) is 6.52. The van der Waals surface area contributed by atoms with E-state index in [2.05, 4.69) is 44.5 Å². The van der Waals surface area contributed by atoms with Gasteiger partial charge in [0, 0.05) is 74.1 Å². The van der Waals surface area contributed by atoms with E-state index >= 15 is 0 Å². The summed E-state index contributed by atoms with van der Waals surface area (Å²) in [6.45, 7) is 0.940. The zero-order valence-corrected chi connectivity index (χ0v) is 19.1. The molecule has 0 aliphatic rings. The molecular weight excluding hydrogens is 428 g/mol. The van der Waals surface area contributed by atoms with E-state index in [0.717, 1.165) is 39.0 Å². The molecule has 0 aliphatic heterocycles. The molecule has 8 heteroatoms. The van der Waals surface area contributed by atoms with Gasteiger partial charge < -0.3 is 24.6 Å². The fourth-order valence-corrected chi connectivity index (χ4v) is 4.10. The van der Waals surface area contributed by atoms with Crippen molar-refractivity contribution in [2.45, 2.75) is 13.0 Å². The van der Waals surface area contributed by atoms with E-state index in [0.29, 0.717) is 25.0 Å². The largest absolute Gasteiger partial charge is 0.348 e. The van der Waals surface area contributed by atoms with Crippen molar-refractivity contribution in [1.82, 2.24) is 29.6 Å². The van der Waals surface area contributed by atoms with Crippen molar-refractivity contribution in [3.63, 3.8) is 0 Å². The van der Waals surface area contributed by atoms with Gasteiger partial charge in [0.05, 0.1) is 6.54 Å². The molecule has 0 aliphatic carbocycles. The predicted octanol–water partition coefficient (Wildman–Crippen LogP) is 2.94. The molecule has 0 saturated carbocycles. The van der Waals surface area contributed by atoms with Crippen molar-refractivity contribution < 1.29 is 4.79 Å². The molecule has 0 unspecified atom stereocenters. The van der Waals surface area contributed by atoms with Crippen LogP contribution in [-0.2, 0) is 17.8 Å². The summed E-state index contributed by atoms with van der Waals surface area (Å²) in [6, 6.07) is 14.1. The molecule has 8 nitrogen and oxygen atoms in total. The molecule has 0 saturated heterocycles. The van der Waals surface area contributed by atoms with Crippen LogP contribution in [0.5, 0.6) is 0 Å². The summed E-state index contributed by atoms with van der Waals surface area (Å²) in [5.74, 6) is 0.0497. The van der Waals surface area contributed by atoms with Gasteiger partial charge in [-0.3, -0.25) is 9.59 Å². The van der Waals surface area contributed by atoms with Crippen molar-refractivity contribution in [3.05, 3.63) is 94.4 Å². The van der Waals surface area contributed by atoms with Crippen LogP contribution in [-0.4, -0.2) is 50.8 Å². The first-order valence-electron chi connectivity index (χ1n) is 11.1. The highest BCUT2D eigenvalue weighted by atomic mass is 16.2. The summed E-state index contributed by atoms with van der Waals surface area (Å²) in [4.78, 5) is 36.2. The Morgan fingerprint density at radius 3 is 2.68 bits per heavy atom. The Labute approximate surface area is 196 Å². The summed E-state index contributed by atoms with van der Waals surface area (Å²) in [6.07, 6.45) is 8.14. The number of amides is 1. The molecule has 0 fully saturated rings. The van der Waals surface area contributed by atoms with E-state index in [9.17, 15) is 9.59 Å². The zero-order chi connectivity index (χ0) is 23.7. The minimum atomic E-state index is -0.123. The first-order valence-corrected chi connectivity index (χ1v) is 11.1. The number of carbonyl (C=O) groups excluding carboxylic acids is 1. The molecule has 172 valence electrons. The second-order valence-electron chi connectivity index (χ2n) is 8.58. The van der Waals surface area contributed by atoms with Gasteiger partial charge in [-0.15, -0.1) is 0 Å². The van der Waals surface area contributed by atoms with Gasteiger partial charge in [-0.2, -0.15) is 0 Å². The predicted molar refractivity (Wildman–Crippen MR) is 133 cm³/mol. The van der Waals surface area contributed by atoms with Gasteiger partial charge in [0.15, 0.2) is 0 Å². The number of nitrogens with one attached hydrogen (secondary N) is 3. The lowest BCUT2D eigenvalue weighted by atomic mass is 10.1. The first-order chi connectivity index (χ1) is 16.5. The van der Waals surface area contributed by atoms with Gasteiger partial charge in [-0.25, -0.2) is 4.98 Å². The number of rotatable bonds is 7. The number of nitrogens with zero attached hydrogens (tertiary/aromatic N) is 3. The number of aromatic amines is 2. The van der Waals surface area contributed by atoms with Gasteiger partial charge in [0.2, 0.25) is 5.91 Å². The minimum absolute atomic E-state index is 0.0497. The highest BCUT2D eigenvalue weighted by molar-refractivity contribution is 5.94. The topological polar surface area (TPSA) is 98.3 Å². The van der Waals surface area contributed by atoms with E-state index in [1.807, 2.05) is 35.0 Å². The Kier molecular flexibility index (Phi) is 5.73. The fourth-order valence-electron chi connectivity index (χ4n) is 4.10. The normalized spacial score (nSPS) is 11.4.